The Morgan fingerprint density at radius 3 is 2.48 bits per heavy atom. The fraction of sp³-hybridized carbons (Fsp3) is 0.316. The third-order valence-electron chi connectivity index (χ3n) is 4.39. The number of nitrogens with one attached hydrogen (secondary N) is 2. The van der Waals surface area contributed by atoms with Gasteiger partial charge in [0, 0.05) is 25.7 Å². The number of hydrogen-bond acceptors (Lipinski definition) is 4. The number of halogens is 1. The summed E-state index contributed by atoms with van der Waals surface area (Å²) in [5.74, 6) is -0.166. The number of sulfonamides is 1. The first-order chi connectivity index (χ1) is 12.4. The topological polar surface area (TPSA) is 78.5 Å². The molecule has 1 saturated heterocycles. The first-order valence-corrected chi connectivity index (χ1v) is 10.1. The lowest BCUT2D eigenvalue weighted by Crippen LogP contribution is -2.51. The lowest BCUT2D eigenvalue weighted by atomic mass is 10.1. The molecule has 1 aliphatic rings. The molecule has 6 nitrogen and oxygen atoms in total. The van der Waals surface area contributed by atoms with E-state index in [4.69, 9.17) is 0 Å². The van der Waals surface area contributed by atoms with Gasteiger partial charge >= 0.3 is 0 Å². The third-order valence-corrected chi connectivity index (χ3v) is 5.77. The van der Waals surface area contributed by atoms with Crippen LogP contribution in [0.3, 0.4) is 0 Å². The van der Waals surface area contributed by atoms with Crippen LogP contribution in [0.15, 0.2) is 53.4 Å². The number of aryl methyl sites for hydroxylation is 1. The van der Waals surface area contributed by atoms with Crippen LogP contribution in [-0.2, 0) is 10.0 Å². The molecule has 0 aliphatic carbocycles. The Bertz CT molecular complexity index is 901. The molecule has 1 aliphatic heterocycles. The van der Waals surface area contributed by atoms with Crippen LogP contribution in [0, 0.1) is 6.92 Å². The summed E-state index contributed by atoms with van der Waals surface area (Å²) in [5, 5.41) is 3.29. The molecule has 1 unspecified atom stereocenters. The largest absolute Gasteiger partial charge is 0.336 e. The number of carbonyl (C=O) groups excluding carboxylic acids is 1. The highest BCUT2D eigenvalue weighted by molar-refractivity contribution is 7.92. The molecule has 1 heterocycles. The highest BCUT2D eigenvalue weighted by atomic mass is 35.5. The van der Waals surface area contributed by atoms with Crippen molar-refractivity contribution in [2.24, 2.45) is 0 Å². The van der Waals surface area contributed by atoms with Crippen molar-refractivity contribution in [3.8, 4) is 0 Å². The van der Waals surface area contributed by atoms with Crippen LogP contribution in [0.1, 0.15) is 22.8 Å². The Labute approximate surface area is 166 Å². The van der Waals surface area contributed by atoms with E-state index in [2.05, 4.69) is 10.0 Å². The summed E-state index contributed by atoms with van der Waals surface area (Å²) >= 11 is 0. The Kier molecular flexibility index (Phi) is 6.86. The number of rotatable bonds is 4. The van der Waals surface area contributed by atoms with Crippen molar-refractivity contribution in [3.05, 3.63) is 59.7 Å². The zero-order chi connectivity index (χ0) is 18.7. The van der Waals surface area contributed by atoms with Crippen LogP contribution in [0.25, 0.3) is 0 Å². The molecule has 0 aromatic heterocycles. The molecule has 1 amide bonds. The number of carbonyl (C=O) groups is 1. The Morgan fingerprint density at radius 1 is 1.15 bits per heavy atom. The van der Waals surface area contributed by atoms with Gasteiger partial charge in [-0.15, -0.1) is 12.4 Å². The van der Waals surface area contributed by atoms with E-state index in [9.17, 15) is 13.2 Å². The fourth-order valence-electron chi connectivity index (χ4n) is 2.97. The van der Waals surface area contributed by atoms with Gasteiger partial charge in [0.25, 0.3) is 15.9 Å². The first kappa shape index (κ1) is 21.2. The maximum Gasteiger partial charge on any atom is 0.261 e. The summed E-state index contributed by atoms with van der Waals surface area (Å²) in [5.41, 5.74) is 1.63. The van der Waals surface area contributed by atoms with Crippen molar-refractivity contribution < 1.29 is 13.2 Å². The molecule has 8 heteroatoms. The van der Waals surface area contributed by atoms with Crippen molar-refractivity contribution in [2.45, 2.75) is 24.8 Å². The molecule has 0 radical (unpaired) electrons. The summed E-state index contributed by atoms with van der Waals surface area (Å²) in [6.07, 6.45) is 0. The van der Waals surface area contributed by atoms with Gasteiger partial charge in [0.1, 0.15) is 0 Å². The van der Waals surface area contributed by atoms with Crippen molar-refractivity contribution in [3.63, 3.8) is 0 Å². The number of benzene rings is 2. The lowest BCUT2D eigenvalue weighted by molar-refractivity contribution is 0.0710. The fourth-order valence-corrected chi connectivity index (χ4v) is 4.05. The minimum atomic E-state index is -3.76. The second-order valence-electron chi connectivity index (χ2n) is 6.57. The minimum absolute atomic E-state index is 0. The van der Waals surface area contributed by atoms with E-state index in [0.29, 0.717) is 24.3 Å². The molecule has 0 spiro atoms. The maximum atomic E-state index is 12.9. The Hall–Kier alpha value is -2.09. The quantitative estimate of drug-likeness (QED) is 0.813. The van der Waals surface area contributed by atoms with Gasteiger partial charge in [0.2, 0.25) is 0 Å². The van der Waals surface area contributed by atoms with Gasteiger partial charge in [-0.1, -0.05) is 29.8 Å². The SMILES string of the molecule is Cc1ccc(S(=O)(=O)Nc2ccccc2C(=O)N2CCNC(C)C2)cc1.Cl. The van der Waals surface area contributed by atoms with Crippen molar-refractivity contribution in [1.82, 2.24) is 10.2 Å². The van der Waals surface area contributed by atoms with Crippen LogP contribution >= 0.6 is 12.4 Å². The second kappa shape index (κ2) is 8.73. The molecule has 2 aromatic rings. The summed E-state index contributed by atoms with van der Waals surface area (Å²) in [6.45, 7) is 5.84. The van der Waals surface area contributed by atoms with E-state index in [1.165, 1.54) is 0 Å². The maximum absolute atomic E-state index is 12.9. The normalized spacial score (nSPS) is 17.1. The molecule has 1 fully saturated rings. The van der Waals surface area contributed by atoms with E-state index in [-0.39, 0.29) is 29.3 Å². The molecule has 1 atom stereocenters. The van der Waals surface area contributed by atoms with Crippen molar-refractivity contribution >= 4 is 34.0 Å². The van der Waals surface area contributed by atoms with Crippen molar-refractivity contribution in [2.75, 3.05) is 24.4 Å². The molecule has 2 aromatic carbocycles. The van der Waals surface area contributed by atoms with Gasteiger partial charge in [0.15, 0.2) is 0 Å². The molecular formula is C19H24ClN3O3S. The van der Waals surface area contributed by atoms with E-state index in [0.717, 1.165) is 12.1 Å². The zero-order valence-corrected chi connectivity index (χ0v) is 16.9. The smallest absolute Gasteiger partial charge is 0.261 e. The molecule has 27 heavy (non-hydrogen) atoms. The molecule has 0 bridgehead atoms. The first-order valence-electron chi connectivity index (χ1n) is 8.58. The number of piperazine rings is 1. The number of para-hydroxylation sites is 1. The molecule has 146 valence electrons. The number of hydrogen-bond donors (Lipinski definition) is 2. The summed E-state index contributed by atoms with van der Waals surface area (Å²) < 4.78 is 27.9. The molecule has 0 saturated carbocycles. The second-order valence-corrected chi connectivity index (χ2v) is 8.25. The molecule has 3 rings (SSSR count). The van der Waals surface area contributed by atoms with Crippen LogP contribution in [0.4, 0.5) is 5.69 Å². The molecular weight excluding hydrogens is 386 g/mol. The average Bonchev–Trinajstić information content (AvgIpc) is 2.62. The Balaban J connectivity index is 0.00000261. The predicted molar refractivity (Wildman–Crippen MR) is 109 cm³/mol. The lowest BCUT2D eigenvalue weighted by Gasteiger charge is -2.32. The van der Waals surface area contributed by atoms with Gasteiger partial charge < -0.3 is 10.2 Å². The number of anilines is 1. The van der Waals surface area contributed by atoms with Gasteiger partial charge in [-0.2, -0.15) is 0 Å². The average molecular weight is 410 g/mol. The van der Waals surface area contributed by atoms with Gasteiger partial charge in [-0.3, -0.25) is 9.52 Å². The highest BCUT2D eigenvalue weighted by Crippen LogP contribution is 2.22. The zero-order valence-electron chi connectivity index (χ0n) is 15.3. The summed E-state index contributed by atoms with van der Waals surface area (Å²) in [4.78, 5) is 14.8. The van der Waals surface area contributed by atoms with Gasteiger partial charge in [0.05, 0.1) is 16.1 Å². The van der Waals surface area contributed by atoms with E-state index < -0.39 is 10.0 Å². The van der Waals surface area contributed by atoms with E-state index in [1.807, 2.05) is 13.8 Å². The summed E-state index contributed by atoms with van der Waals surface area (Å²) in [7, 11) is -3.76. The van der Waals surface area contributed by atoms with Gasteiger partial charge in [-0.25, -0.2) is 8.42 Å². The monoisotopic (exact) mass is 409 g/mol. The minimum Gasteiger partial charge on any atom is -0.336 e. The Morgan fingerprint density at radius 2 is 1.81 bits per heavy atom. The van der Waals surface area contributed by atoms with Crippen LogP contribution in [0.5, 0.6) is 0 Å². The third kappa shape index (κ3) is 5.00. The van der Waals surface area contributed by atoms with E-state index in [1.54, 1.807) is 53.4 Å². The number of nitrogens with zero attached hydrogens (tertiary/aromatic N) is 1. The van der Waals surface area contributed by atoms with Crippen LogP contribution in [-0.4, -0.2) is 44.9 Å². The van der Waals surface area contributed by atoms with Crippen LogP contribution in [0.2, 0.25) is 0 Å². The van der Waals surface area contributed by atoms with E-state index >= 15 is 0 Å². The van der Waals surface area contributed by atoms with Crippen molar-refractivity contribution in [1.29, 1.82) is 0 Å². The predicted octanol–water partition coefficient (Wildman–Crippen LogP) is 2.65. The molecule has 2 N–H and O–H groups in total. The number of amides is 1. The van der Waals surface area contributed by atoms with Crippen LogP contribution < -0.4 is 10.0 Å². The standard InChI is InChI=1S/C19H23N3O3S.ClH/c1-14-7-9-16(10-8-14)26(24,25)21-18-6-4-3-5-17(18)19(23)22-12-11-20-15(2)13-22;/h3-10,15,20-21H,11-13H2,1-2H3;1H. The highest BCUT2D eigenvalue weighted by Gasteiger charge is 2.25. The van der Waals surface area contributed by atoms with Gasteiger partial charge in [-0.05, 0) is 38.1 Å². The summed E-state index contributed by atoms with van der Waals surface area (Å²) in [6, 6.07) is 13.5.